The minimum Gasteiger partial charge on any atom is -0.461 e. The monoisotopic (exact) mass is 326 g/mol. The van der Waals surface area contributed by atoms with Crippen molar-refractivity contribution in [2.75, 3.05) is 6.54 Å². The number of nitrogens with zero attached hydrogens (tertiary/aromatic N) is 1. The van der Waals surface area contributed by atoms with E-state index in [1.54, 1.807) is 0 Å². The van der Waals surface area contributed by atoms with Gasteiger partial charge in [0.05, 0.1) is 0 Å². The number of likely N-dealkylation sites (tertiary alicyclic amines) is 1. The molecule has 1 aliphatic heterocycles. The number of hydrogen-bond donors (Lipinski definition) is 2. The van der Waals surface area contributed by atoms with Crippen LogP contribution < -0.4 is 5.73 Å². The Balaban J connectivity index is 1.93. The Morgan fingerprint density at radius 2 is 1.87 bits per heavy atom. The highest BCUT2D eigenvalue weighted by molar-refractivity contribution is 5.88. The molecule has 0 aromatic heterocycles. The predicted molar refractivity (Wildman–Crippen MR) is 86.5 cm³/mol. The molecule has 6 nitrogen and oxygen atoms in total. The summed E-state index contributed by atoms with van der Waals surface area (Å²) in [6.45, 7) is 4.47. The lowest BCUT2D eigenvalue weighted by Crippen LogP contribution is -2.52. The molecule has 1 saturated heterocycles. The Labute approximate surface area is 138 Å². The second kappa shape index (κ2) is 8.11. The number of carbonyl (C=O) groups excluding carboxylic acids is 2. The van der Waals surface area contributed by atoms with Crippen LogP contribution in [0.5, 0.6) is 0 Å². The molecular formula is C17H30N2O4. The molecule has 3 atom stereocenters. The van der Waals surface area contributed by atoms with Crippen molar-refractivity contribution >= 4 is 11.9 Å². The molecule has 0 aromatic carbocycles. The average Bonchev–Trinajstić information content (AvgIpc) is 3.15. The molecule has 132 valence electrons. The van der Waals surface area contributed by atoms with Gasteiger partial charge < -0.3 is 20.5 Å². The number of aliphatic hydroxyl groups is 1. The lowest BCUT2D eigenvalue weighted by molar-refractivity contribution is -0.160. The van der Waals surface area contributed by atoms with Gasteiger partial charge >= 0.3 is 5.97 Å². The predicted octanol–water partition coefficient (Wildman–Crippen LogP) is 1.20. The topological polar surface area (TPSA) is 92.9 Å². The molecule has 1 aliphatic carbocycles. The summed E-state index contributed by atoms with van der Waals surface area (Å²) >= 11 is 0. The Morgan fingerprint density at radius 1 is 1.22 bits per heavy atom. The highest BCUT2D eigenvalue weighted by Crippen LogP contribution is 2.25. The van der Waals surface area contributed by atoms with E-state index in [1.807, 2.05) is 13.8 Å². The lowest BCUT2D eigenvalue weighted by Gasteiger charge is -2.29. The van der Waals surface area contributed by atoms with Crippen molar-refractivity contribution in [2.24, 2.45) is 11.7 Å². The smallest absolute Gasteiger partial charge is 0.329 e. The van der Waals surface area contributed by atoms with Gasteiger partial charge in [-0.25, -0.2) is 4.79 Å². The van der Waals surface area contributed by atoms with Crippen molar-refractivity contribution in [3.63, 3.8) is 0 Å². The van der Waals surface area contributed by atoms with Crippen LogP contribution in [-0.4, -0.2) is 52.7 Å². The summed E-state index contributed by atoms with van der Waals surface area (Å²) in [6, 6.07) is -1.17. The van der Waals surface area contributed by atoms with E-state index in [0.29, 0.717) is 25.3 Å². The van der Waals surface area contributed by atoms with E-state index in [0.717, 1.165) is 32.1 Å². The Bertz CT molecular complexity index is 421. The number of esters is 1. The Hall–Kier alpha value is -1.14. The van der Waals surface area contributed by atoms with Gasteiger partial charge in [-0.05, 0) is 50.9 Å². The van der Waals surface area contributed by atoms with Gasteiger partial charge in [-0.15, -0.1) is 0 Å². The van der Waals surface area contributed by atoms with Crippen LogP contribution in [0.15, 0.2) is 0 Å². The number of carbonyl (C=O) groups is 2. The summed E-state index contributed by atoms with van der Waals surface area (Å²) in [5.74, 6) is -0.467. The third-order valence-electron chi connectivity index (χ3n) is 4.80. The molecule has 0 bridgehead atoms. The molecule has 6 heteroatoms. The maximum Gasteiger partial charge on any atom is 0.329 e. The second-order valence-corrected chi connectivity index (χ2v) is 7.27. The van der Waals surface area contributed by atoms with E-state index in [9.17, 15) is 14.7 Å². The first-order valence-corrected chi connectivity index (χ1v) is 8.84. The van der Waals surface area contributed by atoms with Crippen molar-refractivity contribution in [1.82, 2.24) is 4.90 Å². The van der Waals surface area contributed by atoms with E-state index in [2.05, 4.69) is 0 Å². The van der Waals surface area contributed by atoms with Crippen molar-refractivity contribution in [1.29, 1.82) is 0 Å². The summed E-state index contributed by atoms with van der Waals surface area (Å²) in [5.41, 5.74) is 5.93. The van der Waals surface area contributed by atoms with Gasteiger partial charge in [0.25, 0.3) is 5.91 Å². The average molecular weight is 326 g/mol. The van der Waals surface area contributed by atoms with Crippen molar-refractivity contribution in [3.05, 3.63) is 0 Å². The Morgan fingerprint density at radius 3 is 2.48 bits per heavy atom. The number of nitrogens with two attached hydrogens (primary N) is 1. The van der Waals surface area contributed by atoms with Gasteiger partial charge in [0, 0.05) is 12.6 Å². The van der Waals surface area contributed by atoms with Crippen molar-refractivity contribution in [3.8, 4) is 0 Å². The minimum absolute atomic E-state index is 0.00632. The van der Waals surface area contributed by atoms with Crippen LogP contribution in [-0.2, 0) is 14.3 Å². The lowest BCUT2D eigenvalue weighted by atomic mass is 9.99. The van der Waals surface area contributed by atoms with Crippen LogP contribution in [0.4, 0.5) is 0 Å². The Kier molecular flexibility index (Phi) is 6.41. The number of aliphatic hydroxyl groups excluding tert-OH is 1. The fourth-order valence-corrected chi connectivity index (χ4v) is 3.55. The molecule has 0 aromatic rings. The van der Waals surface area contributed by atoms with Crippen LogP contribution in [0.3, 0.4) is 0 Å². The molecule has 0 unspecified atom stereocenters. The van der Waals surface area contributed by atoms with Gasteiger partial charge in [0.1, 0.15) is 18.2 Å². The molecule has 2 rings (SSSR count). The van der Waals surface area contributed by atoms with E-state index >= 15 is 0 Å². The normalized spacial score (nSPS) is 24.9. The molecule has 2 fully saturated rings. The van der Waals surface area contributed by atoms with Crippen molar-refractivity contribution < 1.29 is 19.4 Å². The van der Waals surface area contributed by atoms with E-state index in [-0.39, 0.29) is 12.1 Å². The van der Waals surface area contributed by atoms with Crippen LogP contribution in [0, 0.1) is 5.92 Å². The highest BCUT2D eigenvalue weighted by Gasteiger charge is 2.40. The van der Waals surface area contributed by atoms with Gasteiger partial charge in [0.15, 0.2) is 0 Å². The molecule has 0 radical (unpaired) electrons. The first kappa shape index (κ1) is 18.2. The number of ether oxygens (including phenoxy) is 1. The fraction of sp³-hybridized carbons (Fsp3) is 0.882. The van der Waals surface area contributed by atoms with E-state index in [1.165, 1.54) is 4.90 Å². The maximum absolute atomic E-state index is 12.5. The molecule has 3 N–H and O–H groups in total. The van der Waals surface area contributed by atoms with Gasteiger partial charge in [0.2, 0.25) is 0 Å². The van der Waals surface area contributed by atoms with Crippen LogP contribution >= 0.6 is 0 Å². The summed E-state index contributed by atoms with van der Waals surface area (Å²) in [6.07, 6.45) is 4.67. The van der Waals surface area contributed by atoms with E-state index < -0.39 is 24.1 Å². The first-order valence-electron chi connectivity index (χ1n) is 8.84. The minimum atomic E-state index is -1.25. The van der Waals surface area contributed by atoms with Crippen LogP contribution in [0.25, 0.3) is 0 Å². The number of amides is 1. The third kappa shape index (κ3) is 4.67. The standard InChI is InChI=1S/C17H30N2O4/c1-11(2)10-13(18)15(20)16(21)19-9-5-8-14(19)17(22)23-12-6-3-4-7-12/h11-15,20H,3-10,18H2,1-2H3/t13-,14+,15+/m1/s1. The van der Waals surface area contributed by atoms with Crippen LogP contribution in [0.2, 0.25) is 0 Å². The van der Waals surface area contributed by atoms with Gasteiger partial charge in [-0.3, -0.25) is 4.79 Å². The summed E-state index contributed by atoms with van der Waals surface area (Å²) in [4.78, 5) is 26.3. The quantitative estimate of drug-likeness (QED) is 0.715. The summed E-state index contributed by atoms with van der Waals surface area (Å²) in [7, 11) is 0. The van der Waals surface area contributed by atoms with Gasteiger partial charge in [-0.1, -0.05) is 13.8 Å². The maximum atomic E-state index is 12.5. The second-order valence-electron chi connectivity index (χ2n) is 7.27. The first-order chi connectivity index (χ1) is 10.9. The number of rotatable bonds is 6. The fourth-order valence-electron chi connectivity index (χ4n) is 3.55. The SMILES string of the molecule is CC(C)C[C@@H](N)[C@H](O)C(=O)N1CCC[C@H]1C(=O)OC1CCCC1. The number of hydrogen-bond acceptors (Lipinski definition) is 5. The highest BCUT2D eigenvalue weighted by atomic mass is 16.5. The molecule has 1 heterocycles. The van der Waals surface area contributed by atoms with Gasteiger partial charge in [-0.2, -0.15) is 0 Å². The van der Waals surface area contributed by atoms with Crippen molar-refractivity contribution in [2.45, 2.75) is 83.1 Å². The van der Waals surface area contributed by atoms with Crippen LogP contribution in [0.1, 0.15) is 58.8 Å². The molecule has 23 heavy (non-hydrogen) atoms. The zero-order valence-corrected chi connectivity index (χ0v) is 14.2. The summed E-state index contributed by atoms with van der Waals surface area (Å²) < 4.78 is 5.53. The zero-order valence-electron chi connectivity index (χ0n) is 14.2. The summed E-state index contributed by atoms with van der Waals surface area (Å²) in [5, 5.41) is 10.2. The molecule has 1 saturated carbocycles. The molecule has 1 amide bonds. The zero-order chi connectivity index (χ0) is 17.0. The van der Waals surface area contributed by atoms with E-state index in [4.69, 9.17) is 10.5 Å². The molecule has 2 aliphatic rings. The largest absolute Gasteiger partial charge is 0.461 e. The third-order valence-corrected chi connectivity index (χ3v) is 4.80. The molecular weight excluding hydrogens is 296 g/mol. The molecule has 0 spiro atoms.